The van der Waals surface area contributed by atoms with Crippen molar-refractivity contribution in [2.45, 2.75) is 13.8 Å². The molecule has 0 radical (unpaired) electrons. The van der Waals surface area contributed by atoms with Crippen molar-refractivity contribution < 1.29 is 4.92 Å². The highest BCUT2D eigenvalue weighted by molar-refractivity contribution is 9.10. The van der Waals surface area contributed by atoms with E-state index in [4.69, 9.17) is 0 Å². The van der Waals surface area contributed by atoms with Gasteiger partial charge in [0.2, 0.25) is 0 Å². The summed E-state index contributed by atoms with van der Waals surface area (Å²) in [4.78, 5) is 21.1. The van der Waals surface area contributed by atoms with Gasteiger partial charge in [-0.1, -0.05) is 0 Å². The summed E-state index contributed by atoms with van der Waals surface area (Å²) in [5, 5.41) is 15.0. The van der Waals surface area contributed by atoms with E-state index in [0.717, 1.165) is 20.3 Å². The zero-order valence-corrected chi connectivity index (χ0v) is 14.2. The number of nitrogens with zero attached hydrogens (tertiary/aromatic N) is 3. The third-order valence-electron chi connectivity index (χ3n) is 3.38. The Balaban J connectivity index is 2.11. The maximum atomic E-state index is 10.9. The number of thiophene rings is 1. The Hall–Kier alpha value is -2.06. The largest absolute Gasteiger partial charge is 0.338 e. The van der Waals surface area contributed by atoms with E-state index in [0.29, 0.717) is 11.5 Å². The molecule has 8 heteroatoms. The molecule has 1 N–H and O–H groups in total. The van der Waals surface area contributed by atoms with Crippen LogP contribution < -0.4 is 5.32 Å². The molecule has 0 aliphatic rings. The van der Waals surface area contributed by atoms with Crippen LogP contribution in [0.4, 0.5) is 17.2 Å². The third kappa shape index (κ3) is 2.55. The molecule has 0 saturated carbocycles. The number of aryl methyl sites for hydroxylation is 2. The van der Waals surface area contributed by atoms with Crippen molar-refractivity contribution in [3.63, 3.8) is 0 Å². The van der Waals surface area contributed by atoms with Gasteiger partial charge in [0.15, 0.2) is 0 Å². The predicted molar refractivity (Wildman–Crippen MR) is 91.0 cm³/mol. The number of benzene rings is 1. The standard InChI is InChI=1S/C14H11BrN4O2S/c1-7-8(2)22-14-12(7)13(16-6-17-14)18-11-5-9(19(20)21)3-4-10(11)15/h3-6H,1-2H3,(H,16,17,18). The van der Waals surface area contributed by atoms with Crippen LogP contribution in [-0.4, -0.2) is 14.9 Å². The van der Waals surface area contributed by atoms with Gasteiger partial charge in [0, 0.05) is 21.5 Å². The third-order valence-corrected chi connectivity index (χ3v) is 5.19. The van der Waals surface area contributed by atoms with Crippen molar-refractivity contribution in [3.8, 4) is 0 Å². The summed E-state index contributed by atoms with van der Waals surface area (Å²) >= 11 is 5.00. The summed E-state index contributed by atoms with van der Waals surface area (Å²) in [5.41, 5.74) is 1.73. The average Bonchev–Trinajstić information content (AvgIpc) is 2.77. The number of fused-ring (bicyclic) bond motifs is 1. The van der Waals surface area contributed by atoms with Gasteiger partial charge < -0.3 is 5.32 Å². The first kappa shape index (κ1) is 14.9. The molecule has 0 amide bonds. The first-order valence-electron chi connectivity index (χ1n) is 6.39. The molecule has 6 nitrogen and oxygen atoms in total. The van der Waals surface area contributed by atoms with E-state index < -0.39 is 4.92 Å². The highest BCUT2D eigenvalue weighted by atomic mass is 79.9. The molecule has 2 aromatic heterocycles. The summed E-state index contributed by atoms with van der Waals surface area (Å²) in [6.07, 6.45) is 1.49. The van der Waals surface area contributed by atoms with Crippen molar-refractivity contribution in [2.75, 3.05) is 5.32 Å². The molecule has 3 aromatic rings. The lowest BCUT2D eigenvalue weighted by Crippen LogP contribution is -1.98. The van der Waals surface area contributed by atoms with Gasteiger partial charge in [0.1, 0.15) is 17.0 Å². The second-order valence-electron chi connectivity index (χ2n) is 4.73. The van der Waals surface area contributed by atoms with Crippen LogP contribution in [-0.2, 0) is 0 Å². The summed E-state index contributed by atoms with van der Waals surface area (Å²) in [6, 6.07) is 4.57. The molecule has 112 valence electrons. The van der Waals surface area contributed by atoms with E-state index in [2.05, 4.69) is 31.2 Å². The molecule has 0 aliphatic heterocycles. The highest BCUT2D eigenvalue weighted by Gasteiger charge is 2.15. The molecule has 0 bridgehead atoms. The Bertz CT molecular complexity index is 894. The van der Waals surface area contributed by atoms with E-state index in [1.807, 2.05) is 13.8 Å². The number of aromatic nitrogens is 2. The zero-order valence-electron chi connectivity index (χ0n) is 11.8. The van der Waals surface area contributed by atoms with Gasteiger partial charge in [-0.15, -0.1) is 11.3 Å². The lowest BCUT2D eigenvalue weighted by Gasteiger charge is -2.09. The number of hydrogen-bond acceptors (Lipinski definition) is 6. The summed E-state index contributed by atoms with van der Waals surface area (Å²) in [6.45, 7) is 4.06. The minimum Gasteiger partial charge on any atom is -0.338 e. The van der Waals surface area contributed by atoms with Crippen LogP contribution in [0.5, 0.6) is 0 Å². The fourth-order valence-corrected chi connectivity index (χ4v) is 3.47. The number of rotatable bonds is 3. The van der Waals surface area contributed by atoms with E-state index in [1.54, 1.807) is 17.4 Å². The molecule has 0 aliphatic carbocycles. The second-order valence-corrected chi connectivity index (χ2v) is 6.79. The predicted octanol–water partition coefficient (Wildman–Crippen LogP) is 4.72. The quantitative estimate of drug-likeness (QED) is 0.526. The van der Waals surface area contributed by atoms with E-state index in [1.165, 1.54) is 23.3 Å². The molecule has 0 fully saturated rings. The molecular weight excluding hydrogens is 368 g/mol. The summed E-state index contributed by atoms with van der Waals surface area (Å²) in [5.74, 6) is 0.646. The average molecular weight is 379 g/mol. The van der Waals surface area contributed by atoms with Crippen molar-refractivity contribution in [2.24, 2.45) is 0 Å². The minimum absolute atomic E-state index is 0.0224. The Kier molecular flexibility index (Phi) is 3.79. The fourth-order valence-electron chi connectivity index (χ4n) is 2.13. The zero-order chi connectivity index (χ0) is 15.9. The number of nitrogens with one attached hydrogen (secondary N) is 1. The van der Waals surface area contributed by atoms with Crippen LogP contribution in [0, 0.1) is 24.0 Å². The topological polar surface area (TPSA) is 81.0 Å². The van der Waals surface area contributed by atoms with Crippen molar-refractivity contribution in [3.05, 3.63) is 49.6 Å². The molecule has 2 heterocycles. The maximum absolute atomic E-state index is 10.9. The van der Waals surface area contributed by atoms with Gasteiger partial charge in [-0.2, -0.15) is 0 Å². The first-order chi connectivity index (χ1) is 10.5. The number of non-ortho nitro benzene ring substituents is 1. The molecule has 0 spiro atoms. The van der Waals surface area contributed by atoms with E-state index in [-0.39, 0.29) is 5.69 Å². The van der Waals surface area contributed by atoms with Crippen LogP contribution >= 0.6 is 27.3 Å². The number of halogens is 1. The Morgan fingerprint density at radius 2 is 2.09 bits per heavy atom. The van der Waals surface area contributed by atoms with E-state index in [9.17, 15) is 10.1 Å². The minimum atomic E-state index is -0.423. The first-order valence-corrected chi connectivity index (χ1v) is 8.00. The molecule has 0 atom stereocenters. The van der Waals surface area contributed by atoms with Gasteiger partial charge in [-0.25, -0.2) is 9.97 Å². The lowest BCUT2D eigenvalue weighted by atomic mass is 10.2. The van der Waals surface area contributed by atoms with Crippen LogP contribution in [0.3, 0.4) is 0 Å². The Labute approximate surface area is 138 Å². The number of nitro benzene ring substituents is 1. The van der Waals surface area contributed by atoms with Gasteiger partial charge >= 0.3 is 0 Å². The highest BCUT2D eigenvalue weighted by Crippen LogP contribution is 2.36. The van der Waals surface area contributed by atoms with Gasteiger partial charge in [-0.05, 0) is 41.4 Å². The van der Waals surface area contributed by atoms with Gasteiger partial charge in [0.25, 0.3) is 5.69 Å². The molecule has 0 unspecified atom stereocenters. The van der Waals surface area contributed by atoms with Crippen LogP contribution in [0.1, 0.15) is 10.4 Å². The summed E-state index contributed by atoms with van der Waals surface area (Å²) in [7, 11) is 0. The lowest BCUT2D eigenvalue weighted by molar-refractivity contribution is -0.384. The van der Waals surface area contributed by atoms with Gasteiger partial charge in [0.05, 0.1) is 16.0 Å². The van der Waals surface area contributed by atoms with Gasteiger partial charge in [-0.3, -0.25) is 10.1 Å². The number of nitro groups is 1. The monoisotopic (exact) mass is 378 g/mol. The normalized spacial score (nSPS) is 10.9. The second kappa shape index (κ2) is 5.62. The smallest absolute Gasteiger partial charge is 0.271 e. The molecule has 22 heavy (non-hydrogen) atoms. The SMILES string of the molecule is Cc1sc2ncnc(Nc3cc([N+](=O)[O-])ccc3Br)c2c1C. The van der Waals surface area contributed by atoms with Crippen LogP contribution in [0.25, 0.3) is 10.2 Å². The Morgan fingerprint density at radius 3 is 2.82 bits per heavy atom. The van der Waals surface area contributed by atoms with E-state index >= 15 is 0 Å². The molecule has 3 rings (SSSR count). The fraction of sp³-hybridized carbons (Fsp3) is 0.143. The van der Waals surface area contributed by atoms with Crippen molar-refractivity contribution >= 4 is 54.7 Å². The molecule has 1 aromatic carbocycles. The van der Waals surface area contributed by atoms with Crippen molar-refractivity contribution in [1.29, 1.82) is 0 Å². The van der Waals surface area contributed by atoms with Crippen molar-refractivity contribution in [1.82, 2.24) is 9.97 Å². The van der Waals surface area contributed by atoms with Crippen LogP contribution in [0.15, 0.2) is 29.0 Å². The number of hydrogen-bond donors (Lipinski definition) is 1. The Morgan fingerprint density at radius 1 is 1.32 bits per heavy atom. The summed E-state index contributed by atoms with van der Waals surface area (Å²) < 4.78 is 0.731. The molecule has 0 saturated heterocycles. The molecular formula is C14H11BrN4O2S. The maximum Gasteiger partial charge on any atom is 0.271 e. The van der Waals surface area contributed by atoms with Crippen LogP contribution in [0.2, 0.25) is 0 Å². The number of anilines is 2.